The molecule has 0 spiro atoms. The van der Waals surface area contributed by atoms with Gasteiger partial charge in [0.1, 0.15) is 13.2 Å². The van der Waals surface area contributed by atoms with Gasteiger partial charge >= 0.3 is 17.9 Å². The Morgan fingerprint density at radius 1 is 0.260 bits per heavy atom. The van der Waals surface area contributed by atoms with Crippen LogP contribution in [0, 0.1) is 0 Å². The highest BCUT2D eigenvalue weighted by molar-refractivity contribution is 5.71. The normalized spacial score (nSPS) is 12.3. The third-order valence-corrected chi connectivity index (χ3v) is 15.3. The molecule has 0 aromatic heterocycles. The number of carbonyl (C=O) groups is 3. The van der Waals surface area contributed by atoms with E-state index >= 15 is 0 Å². The molecule has 6 heteroatoms. The van der Waals surface area contributed by atoms with Crippen LogP contribution in [0.25, 0.3) is 0 Å². The Bertz CT molecular complexity index is 1330. The summed E-state index contributed by atoms with van der Waals surface area (Å²) in [6.07, 6.45) is 82.8. The van der Waals surface area contributed by atoms with Crippen molar-refractivity contribution in [1.82, 2.24) is 0 Å². The van der Waals surface area contributed by atoms with Gasteiger partial charge < -0.3 is 14.2 Å². The number of carbonyl (C=O) groups excluding carboxylic acids is 3. The van der Waals surface area contributed by atoms with Crippen LogP contribution < -0.4 is 0 Å². The largest absolute Gasteiger partial charge is 0.462 e. The second-order valence-electron chi connectivity index (χ2n) is 23.1. The van der Waals surface area contributed by atoms with Gasteiger partial charge in [-0.2, -0.15) is 0 Å². The fourth-order valence-corrected chi connectivity index (χ4v) is 10.2. The Labute approximate surface area is 479 Å². The zero-order valence-corrected chi connectivity index (χ0v) is 51.7. The molecule has 450 valence electrons. The first-order valence-corrected chi connectivity index (χ1v) is 34.1. The molecule has 0 heterocycles. The predicted octanol–water partition coefficient (Wildman–Crippen LogP) is 23.3. The van der Waals surface area contributed by atoms with E-state index in [2.05, 4.69) is 69.4 Å². The maximum Gasteiger partial charge on any atom is 0.306 e. The standard InChI is InChI=1S/C71H130O6/c1-4-7-10-13-16-19-22-25-28-30-31-32-33-34-35-36-37-38-39-40-41-42-44-46-49-52-55-58-61-64-70(73)76-67-68(66-75-69(72)63-60-57-54-51-48-45-27-24-21-18-15-12-9-6-3)77-71(74)65-62-59-56-53-50-47-43-29-26-23-20-17-14-11-8-5-2/h20,22-23,25,29-31,43,68H,4-19,21,24,26-28,32-42,44-67H2,1-3H3/b23-20-,25-22-,31-30-,43-29-. The molecule has 0 radical (unpaired) electrons. The van der Waals surface area contributed by atoms with E-state index in [-0.39, 0.29) is 31.1 Å². The average molecular weight is 1080 g/mol. The molecule has 1 atom stereocenters. The van der Waals surface area contributed by atoms with Crippen molar-refractivity contribution in [2.24, 2.45) is 0 Å². The summed E-state index contributed by atoms with van der Waals surface area (Å²) in [6.45, 7) is 6.66. The van der Waals surface area contributed by atoms with Crippen LogP contribution in [0.1, 0.15) is 367 Å². The van der Waals surface area contributed by atoms with Gasteiger partial charge in [0.25, 0.3) is 0 Å². The average Bonchev–Trinajstić information content (AvgIpc) is 3.43. The Morgan fingerprint density at radius 2 is 0.468 bits per heavy atom. The van der Waals surface area contributed by atoms with Crippen LogP contribution in [0.3, 0.4) is 0 Å². The third-order valence-electron chi connectivity index (χ3n) is 15.3. The summed E-state index contributed by atoms with van der Waals surface area (Å²) in [5.74, 6) is -0.864. The highest BCUT2D eigenvalue weighted by Gasteiger charge is 2.19. The molecule has 1 unspecified atom stereocenters. The molecule has 0 aliphatic heterocycles. The van der Waals surface area contributed by atoms with Crippen LogP contribution in [0.2, 0.25) is 0 Å². The second kappa shape index (κ2) is 65.9. The van der Waals surface area contributed by atoms with Crippen molar-refractivity contribution in [1.29, 1.82) is 0 Å². The van der Waals surface area contributed by atoms with Gasteiger partial charge in [0.05, 0.1) is 0 Å². The molecular weight excluding hydrogens is 949 g/mol. The van der Waals surface area contributed by atoms with Gasteiger partial charge in [-0.15, -0.1) is 0 Å². The van der Waals surface area contributed by atoms with E-state index < -0.39 is 6.10 Å². The van der Waals surface area contributed by atoms with Gasteiger partial charge in [-0.05, 0) is 83.5 Å². The van der Waals surface area contributed by atoms with Crippen LogP contribution in [0.5, 0.6) is 0 Å². The van der Waals surface area contributed by atoms with E-state index in [1.165, 1.54) is 238 Å². The van der Waals surface area contributed by atoms with Gasteiger partial charge in [-0.3, -0.25) is 14.4 Å². The minimum absolute atomic E-state index is 0.0739. The molecule has 0 aliphatic rings. The number of rotatable bonds is 63. The first kappa shape index (κ1) is 74.4. The zero-order chi connectivity index (χ0) is 55.7. The lowest BCUT2D eigenvalue weighted by atomic mass is 10.0. The SMILES string of the molecule is CCCCCC/C=C\C/C=C\CCCCCCCC(=O)OC(COC(=O)CCCCCCCCCCCCCCCC)COC(=O)CCCCCCCCCCCCCCCCCCC/C=C\C/C=C\CCCCCCC. The molecule has 0 amide bonds. The van der Waals surface area contributed by atoms with Gasteiger partial charge in [0.2, 0.25) is 0 Å². The van der Waals surface area contributed by atoms with E-state index in [0.29, 0.717) is 19.3 Å². The Morgan fingerprint density at radius 3 is 0.727 bits per heavy atom. The molecule has 0 aromatic carbocycles. The molecule has 77 heavy (non-hydrogen) atoms. The second-order valence-corrected chi connectivity index (χ2v) is 23.1. The van der Waals surface area contributed by atoms with Gasteiger partial charge in [-0.1, -0.05) is 313 Å². The third kappa shape index (κ3) is 64.1. The van der Waals surface area contributed by atoms with E-state index in [0.717, 1.165) is 89.9 Å². The molecule has 0 saturated heterocycles. The fourth-order valence-electron chi connectivity index (χ4n) is 10.2. The molecule has 0 fully saturated rings. The van der Waals surface area contributed by atoms with Crippen molar-refractivity contribution in [3.63, 3.8) is 0 Å². The van der Waals surface area contributed by atoms with Crippen molar-refractivity contribution in [2.75, 3.05) is 13.2 Å². The summed E-state index contributed by atoms with van der Waals surface area (Å²) in [6, 6.07) is 0. The number of ether oxygens (including phenoxy) is 3. The quantitative estimate of drug-likeness (QED) is 0.0261. The van der Waals surface area contributed by atoms with Crippen molar-refractivity contribution in [3.8, 4) is 0 Å². The summed E-state index contributed by atoms with van der Waals surface area (Å²) in [7, 11) is 0. The predicted molar refractivity (Wildman–Crippen MR) is 335 cm³/mol. The first-order chi connectivity index (χ1) is 38.0. The van der Waals surface area contributed by atoms with Gasteiger partial charge in [0.15, 0.2) is 6.10 Å². The number of hydrogen-bond acceptors (Lipinski definition) is 6. The summed E-state index contributed by atoms with van der Waals surface area (Å²) in [5.41, 5.74) is 0. The van der Waals surface area contributed by atoms with Crippen LogP contribution in [0.15, 0.2) is 48.6 Å². The molecule has 0 aliphatic carbocycles. The molecule has 0 aromatic rings. The minimum Gasteiger partial charge on any atom is -0.462 e. The zero-order valence-electron chi connectivity index (χ0n) is 51.7. The van der Waals surface area contributed by atoms with Gasteiger partial charge in [-0.25, -0.2) is 0 Å². The summed E-state index contributed by atoms with van der Waals surface area (Å²) in [5, 5.41) is 0. The molecule has 6 nitrogen and oxygen atoms in total. The highest BCUT2D eigenvalue weighted by atomic mass is 16.6. The lowest BCUT2D eigenvalue weighted by molar-refractivity contribution is -0.167. The Balaban J connectivity index is 4.20. The fraction of sp³-hybridized carbons (Fsp3) is 0.845. The lowest BCUT2D eigenvalue weighted by Gasteiger charge is -2.18. The van der Waals surface area contributed by atoms with E-state index in [1.807, 2.05) is 0 Å². The van der Waals surface area contributed by atoms with Crippen molar-refractivity contribution in [3.05, 3.63) is 48.6 Å². The minimum atomic E-state index is -0.778. The smallest absolute Gasteiger partial charge is 0.306 e. The Hall–Kier alpha value is -2.63. The topological polar surface area (TPSA) is 78.9 Å². The number of esters is 3. The van der Waals surface area contributed by atoms with E-state index in [9.17, 15) is 14.4 Å². The summed E-state index contributed by atoms with van der Waals surface area (Å²) >= 11 is 0. The monoisotopic (exact) mass is 1080 g/mol. The lowest BCUT2D eigenvalue weighted by Crippen LogP contribution is -2.30. The van der Waals surface area contributed by atoms with Gasteiger partial charge in [0, 0.05) is 19.3 Å². The van der Waals surface area contributed by atoms with Crippen molar-refractivity contribution >= 4 is 17.9 Å². The number of allylic oxidation sites excluding steroid dienone is 8. The number of unbranched alkanes of at least 4 members (excludes halogenated alkanes) is 44. The van der Waals surface area contributed by atoms with Crippen LogP contribution in [-0.4, -0.2) is 37.2 Å². The van der Waals surface area contributed by atoms with E-state index in [4.69, 9.17) is 14.2 Å². The van der Waals surface area contributed by atoms with Crippen LogP contribution in [0.4, 0.5) is 0 Å². The maximum atomic E-state index is 12.9. The number of hydrogen-bond donors (Lipinski definition) is 0. The van der Waals surface area contributed by atoms with Crippen molar-refractivity contribution in [2.45, 2.75) is 374 Å². The summed E-state index contributed by atoms with van der Waals surface area (Å²) < 4.78 is 16.9. The van der Waals surface area contributed by atoms with Crippen molar-refractivity contribution < 1.29 is 28.6 Å². The molecular formula is C71H130O6. The molecule has 0 N–H and O–H groups in total. The first-order valence-electron chi connectivity index (χ1n) is 34.1. The molecule has 0 saturated carbocycles. The van der Waals surface area contributed by atoms with Crippen LogP contribution in [-0.2, 0) is 28.6 Å². The molecule has 0 rings (SSSR count). The Kier molecular flexibility index (Phi) is 63.6. The van der Waals surface area contributed by atoms with Crippen LogP contribution >= 0.6 is 0 Å². The molecule has 0 bridgehead atoms. The van der Waals surface area contributed by atoms with E-state index in [1.54, 1.807) is 0 Å². The summed E-state index contributed by atoms with van der Waals surface area (Å²) in [4.78, 5) is 38.3. The highest BCUT2D eigenvalue weighted by Crippen LogP contribution is 2.18. The maximum absolute atomic E-state index is 12.9.